The van der Waals surface area contributed by atoms with Gasteiger partial charge in [-0.05, 0) is 96.3 Å². The van der Waals surface area contributed by atoms with Crippen molar-refractivity contribution in [3.63, 3.8) is 0 Å². The van der Waals surface area contributed by atoms with E-state index >= 15 is 0 Å². The summed E-state index contributed by atoms with van der Waals surface area (Å²) >= 11 is 0. The molecule has 0 spiro atoms. The summed E-state index contributed by atoms with van der Waals surface area (Å²) in [6.07, 6.45) is 52.0. The summed E-state index contributed by atoms with van der Waals surface area (Å²) in [5, 5.41) is 0. The fourth-order valence-corrected chi connectivity index (χ4v) is 6.02. The zero-order valence-electron chi connectivity index (χ0n) is 35.9. The molecule has 0 fully saturated rings. The van der Waals surface area contributed by atoms with E-state index in [1.165, 1.54) is 51.4 Å². The first-order valence-electron chi connectivity index (χ1n) is 22.8. The highest BCUT2D eigenvalue weighted by Gasteiger charge is 2.19. The van der Waals surface area contributed by atoms with Gasteiger partial charge in [-0.15, -0.1) is 0 Å². The Hall–Kier alpha value is -2.89. The number of allylic oxidation sites excluding steroid dienone is 10. The second-order valence-electron chi connectivity index (χ2n) is 14.9. The molecule has 0 N–H and O–H groups in total. The van der Waals surface area contributed by atoms with Gasteiger partial charge in [0, 0.05) is 19.3 Å². The van der Waals surface area contributed by atoms with E-state index in [1.807, 2.05) is 0 Å². The van der Waals surface area contributed by atoms with E-state index in [2.05, 4.69) is 81.5 Å². The molecule has 0 aromatic carbocycles. The lowest BCUT2D eigenvalue weighted by molar-refractivity contribution is -0.167. The molecule has 0 saturated heterocycles. The molecule has 6 heteroatoms. The van der Waals surface area contributed by atoms with Crippen LogP contribution in [0.3, 0.4) is 0 Å². The van der Waals surface area contributed by atoms with Crippen molar-refractivity contribution in [1.29, 1.82) is 0 Å². The van der Waals surface area contributed by atoms with Crippen LogP contribution in [0.4, 0.5) is 0 Å². The topological polar surface area (TPSA) is 78.9 Å². The molecule has 1 atom stereocenters. The van der Waals surface area contributed by atoms with Gasteiger partial charge in [-0.1, -0.05) is 159 Å². The summed E-state index contributed by atoms with van der Waals surface area (Å²) < 4.78 is 16.7. The fourth-order valence-electron chi connectivity index (χ4n) is 6.02. The molecule has 0 aliphatic carbocycles. The minimum Gasteiger partial charge on any atom is -0.462 e. The number of hydrogen-bond donors (Lipinski definition) is 0. The van der Waals surface area contributed by atoms with Crippen LogP contribution < -0.4 is 0 Å². The Morgan fingerprint density at radius 2 is 0.727 bits per heavy atom. The first-order valence-corrected chi connectivity index (χ1v) is 22.8. The van der Waals surface area contributed by atoms with Crippen molar-refractivity contribution in [2.24, 2.45) is 0 Å². The van der Waals surface area contributed by atoms with E-state index in [9.17, 15) is 14.4 Å². The molecular weight excluding hydrogens is 685 g/mol. The minimum absolute atomic E-state index is 0.0942. The van der Waals surface area contributed by atoms with Crippen molar-refractivity contribution in [2.45, 2.75) is 219 Å². The predicted octanol–water partition coefficient (Wildman–Crippen LogP) is 14.5. The first-order chi connectivity index (χ1) is 27.0. The molecule has 0 aromatic rings. The van der Waals surface area contributed by atoms with Gasteiger partial charge in [-0.3, -0.25) is 14.4 Å². The number of ether oxygens (including phenoxy) is 3. The molecule has 55 heavy (non-hydrogen) atoms. The van der Waals surface area contributed by atoms with E-state index in [1.54, 1.807) is 0 Å². The van der Waals surface area contributed by atoms with Gasteiger partial charge in [0.25, 0.3) is 0 Å². The zero-order valence-corrected chi connectivity index (χ0v) is 35.9. The third-order valence-corrected chi connectivity index (χ3v) is 9.48. The lowest BCUT2D eigenvalue weighted by Crippen LogP contribution is -2.30. The van der Waals surface area contributed by atoms with Gasteiger partial charge < -0.3 is 14.2 Å². The molecule has 0 aliphatic heterocycles. The second-order valence-corrected chi connectivity index (χ2v) is 14.9. The predicted molar refractivity (Wildman–Crippen MR) is 233 cm³/mol. The van der Waals surface area contributed by atoms with Crippen LogP contribution in [0.2, 0.25) is 0 Å². The van der Waals surface area contributed by atoms with Crippen molar-refractivity contribution in [3.8, 4) is 0 Å². The maximum Gasteiger partial charge on any atom is 0.306 e. The SMILES string of the molecule is CC/C=C\C/C=C\C/C=C\CCCCCCC(=O)OCC(COC(=O)CCCCCC/C=C\CCCC)OC(=O)CCCCC/C=C\CCCCCCCC. The van der Waals surface area contributed by atoms with Gasteiger partial charge in [-0.25, -0.2) is 0 Å². The third kappa shape index (κ3) is 42.1. The maximum absolute atomic E-state index is 12.7. The van der Waals surface area contributed by atoms with Gasteiger partial charge in [0.2, 0.25) is 0 Å². The second kappa shape index (κ2) is 43.8. The van der Waals surface area contributed by atoms with E-state index < -0.39 is 6.10 Å². The van der Waals surface area contributed by atoms with Gasteiger partial charge in [0.05, 0.1) is 0 Å². The van der Waals surface area contributed by atoms with Gasteiger partial charge >= 0.3 is 17.9 Å². The molecule has 0 aliphatic rings. The molecule has 0 saturated carbocycles. The van der Waals surface area contributed by atoms with Crippen LogP contribution in [0.5, 0.6) is 0 Å². The van der Waals surface area contributed by atoms with Gasteiger partial charge in [-0.2, -0.15) is 0 Å². The van der Waals surface area contributed by atoms with Crippen molar-refractivity contribution in [2.75, 3.05) is 13.2 Å². The summed E-state index contributed by atoms with van der Waals surface area (Å²) in [5.41, 5.74) is 0. The molecule has 0 bridgehead atoms. The number of rotatable bonds is 40. The van der Waals surface area contributed by atoms with Crippen LogP contribution in [0.25, 0.3) is 0 Å². The maximum atomic E-state index is 12.7. The smallest absolute Gasteiger partial charge is 0.306 e. The molecule has 0 radical (unpaired) electrons. The van der Waals surface area contributed by atoms with E-state index in [4.69, 9.17) is 14.2 Å². The molecular formula is C49H84O6. The van der Waals surface area contributed by atoms with Crippen molar-refractivity contribution in [3.05, 3.63) is 60.8 Å². The first kappa shape index (κ1) is 52.1. The lowest BCUT2D eigenvalue weighted by atomic mass is 10.1. The molecule has 316 valence electrons. The average Bonchev–Trinajstić information content (AvgIpc) is 3.18. The highest BCUT2D eigenvalue weighted by atomic mass is 16.6. The molecule has 0 amide bonds. The Morgan fingerprint density at radius 1 is 0.382 bits per heavy atom. The summed E-state index contributed by atoms with van der Waals surface area (Å²) in [4.78, 5) is 37.7. The van der Waals surface area contributed by atoms with E-state index in [0.717, 1.165) is 122 Å². The quantitative estimate of drug-likeness (QED) is 0.0267. The number of carbonyl (C=O) groups is 3. The van der Waals surface area contributed by atoms with Crippen molar-refractivity contribution < 1.29 is 28.6 Å². The Morgan fingerprint density at radius 3 is 1.20 bits per heavy atom. The normalized spacial score (nSPS) is 12.6. The Balaban J connectivity index is 4.45. The Bertz CT molecular complexity index is 1020. The molecule has 1 unspecified atom stereocenters. The number of unbranched alkanes of at least 4 members (excludes halogenated alkanes) is 19. The lowest BCUT2D eigenvalue weighted by Gasteiger charge is -2.18. The molecule has 6 nitrogen and oxygen atoms in total. The number of carbonyl (C=O) groups excluding carboxylic acids is 3. The van der Waals surface area contributed by atoms with Crippen LogP contribution in [0.15, 0.2) is 60.8 Å². The summed E-state index contributed by atoms with van der Waals surface area (Å²) in [7, 11) is 0. The molecule has 0 aromatic heterocycles. The standard InChI is InChI=1S/C49H84O6/c1-4-7-10-13-16-19-22-24-26-27-30-33-36-39-42-48(51)54-45-46(44-53-47(50)41-38-35-32-29-21-18-15-12-9-6-3)55-49(52)43-40-37-34-31-28-25-23-20-17-14-11-8-5-2/h7,10,15-16,18-19,24-26,28,46H,4-6,8-9,11-14,17,20-23,27,29-45H2,1-3H3/b10-7-,18-15-,19-16-,26-24-,28-25-. The Labute approximate surface area is 339 Å². The van der Waals surface area contributed by atoms with E-state index in [-0.39, 0.29) is 31.1 Å². The summed E-state index contributed by atoms with van der Waals surface area (Å²) in [6.45, 7) is 6.41. The average molecular weight is 769 g/mol. The van der Waals surface area contributed by atoms with Gasteiger partial charge in [0.15, 0.2) is 6.10 Å². The summed E-state index contributed by atoms with van der Waals surface area (Å²) in [6, 6.07) is 0. The van der Waals surface area contributed by atoms with Crippen LogP contribution in [0.1, 0.15) is 213 Å². The number of hydrogen-bond acceptors (Lipinski definition) is 6. The zero-order chi connectivity index (χ0) is 40.1. The molecule has 0 heterocycles. The minimum atomic E-state index is -0.792. The monoisotopic (exact) mass is 769 g/mol. The van der Waals surface area contributed by atoms with Gasteiger partial charge in [0.1, 0.15) is 13.2 Å². The Kier molecular flexibility index (Phi) is 41.5. The number of esters is 3. The largest absolute Gasteiger partial charge is 0.462 e. The van der Waals surface area contributed by atoms with Crippen molar-refractivity contribution >= 4 is 17.9 Å². The highest BCUT2D eigenvalue weighted by Crippen LogP contribution is 2.12. The highest BCUT2D eigenvalue weighted by molar-refractivity contribution is 5.71. The van der Waals surface area contributed by atoms with Crippen LogP contribution >= 0.6 is 0 Å². The fraction of sp³-hybridized carbons (Fsp3) is 0.735. The summed E-state index contributed by atoms with van der Waals surface area (Å²) in [5.74, 6) is -0.950. The van der Waals surface area contributed by atoms with Crippen LogP contribution in [-0.2, 0) is 28.6 Å². The molecule has 0 rings (SSSR count). The third-order valence-electron chi connectivity index (χ3n) is 9.48. The van der Waals surface area contributed by atoms with Crippen molar-refractivity contribution in [1.82, 2.24) is 0 Å². The van der Waals surface area contributed by atoms with E-state index in [0.29, 0.717) is 19.3 Å². The van der Waals surface area contributed by atoms with Crippen LogP contribution in [0, 0.1) is 0 Å². The van der Waals surface area contributed by atoms with Crippen LogP contribution in [-0.4, -0.2) is 37.2 Å².